The molecule has 9 nitrogen and oxygen atoms in total. The van der Waals surface area contributed by atoms with Gasteiger partial charge in [0.15, 0.2) is 0 Å². The molecular weight excluding hydrogens is 655 g/mol. The smallest absolute Gasteiger partial charge is 0.230 e. The van der Waals surface area contributed by atoms with Gasteiger partial charge in [-0.25, -0.2) is 9.97 Å². The quantitative estimate of drug-likeness (QED) is 0.0839. The van der Waals surface area contributed by atoms with Gasteiger partial charge in [0, 0.05) is 58.4 Å². The molecule has 0 bridgehead atoms. The number of unbranched alkanes of at least 4 members (excludes halogenated alkanes) is 4. The van der Waals surface area contributed by atoms with Gasteiger partial charge in [-0.05, 0) is 151 Å². The van der Waals surface area contributed by atoms with Crippen molar-refractivity contribution in [1.82, 2.24) is 36.2 Å². The molecule has 0 saturated carbocycles. The van der Waals surface area contributed by atoms with Crippen LogP contribution >= 0.6 is 0 Å². The minimum atomic E-state index is 0.0540. The van der Waals surface area contributed by atoms with Gasteiger partial charge < -0.3 is 31.5 Å². The molecule has 53 heavy (non-hydrogen) atoms. The lowest BCUT2D eigenvalue weighted by atomic mass is 9.68. The van der Waals surface area contributed by atoms with Crippen LogP contribution in [-0.4, -0.2) is 79.9 Å². The molecule has 0 amide bonds. The molecule has 0 spiro atoms. The number of nitrogens with one attached hydrogen (secondary N) is 5. The third-order valence-electron chi connectivity index (χ3n) is 13.3. The Labute approximate surface area is 327 Å². The van der Waals surface area contributed by atoms with Crippen LogP contribution in [0.3, 0.4) is 0 Å². The highest BCUT2D eigenvalue weighted by atomic mass is 15.3. The lowest BCUT2D eigenvalue weighted by Crippen LogP contribution is -2.62. The molecule has 3 fully saturated rings. The Bertz CT molecular complexity index is 1180. The van der Waals surface area contributed by atoms with Gasteiger partial charge in [0.2, 0.25) is 11.9 Å². The van der Waals surface area contributed by atoms with E-state index < -0.39 is 0 Å². The van der Waals surface area contributed by atoms with Gasteiger partial charge in [-0.2, -0.15) is 4.98 Å². The number of nitrogens with zero attached hydrogens (tertiary/aromatic N) is 4. The maximum Gasteiger partial charge on any atom is 0.230 e. The van der Waals surface area contributed by atoms with Crippen molar-refractivity contribution in [1.29, 1.82) is 0 Å². The second kappa shape index (κ2) is 18.6. The Morgan fingerprint density at radius 2 is 1.15 bits per heavy atom. The zero-order chi connectivity index (χ0) is 39.0. The average molecular weight is 740 g/mol. The second-order valence-electron chi connectivity index (χ2n) is 20.4. The molecule has 0 unspecified atom stereocenters. The monoisotopic (exact) mass is 740 g/mol. The van der Waals surface area contributed by atoms with Crippen molar-refractivity contribution >= 4 is 11.9 Å². The number of aromatic nitrogens is 3. The zero-order valence-corrected chi connectivity index (χ0v) is 36.7. The first-order valence-corrected chi connectivity index (χ1v) is 22.2. The third kappa shape index (κ3) is 13.3. The van der Waals surface area contributed by atoms with Crippen LogP contribution < -0.4 is 31.5 Å². The fourth-order valence-electron chi connectivity index (χ4n) is 11.2. The normalized spacial score (nSPS) is 23.8. The SMILES string of the molecule is CCC1(CC)CC(CCCCNc2ncnc(N(CCCCCCNC3CC(C)(C)NC(C)(C)C3)C3CC(C)(C)NC(C)(C)C3)n2)CC(CC)(CC)N1. The molecule has 4 heterocycles. The van der Waals surface area contributed by atoms with E-state index in [0.717, 1.165) is 63.1 Å². The molecule has 9 heteroatoms. The van der Waals surface area contributed by atoms with Crippen molar-refractivity contribution in [2.75, 3.05) is 29.9 Å². The molecule has 0 aliphatic carbocycles. The number of hydrogen-bond donors (Lipinski definition) is 5. The van der Waals surface area contributed by atoms with E-state index in [2.05, 4.69) is 120 Å². The van der Waals surface area contributed by atoms with Gasteiger partial charge >= 0.3 is 0 Å². The van der Waals surface area contributed by atoms with Gasteiger partial charge in [-0.1, -0.05) is 53.4 Å². The van der Waals surface area contributed by atoms with Crippen LogP contribution in [0.5, 0.6) is 0 Å². The van der Waals surface area contributed by atoms with Gasteiger partial charge in [0.05, 0.1) is 0 Å². The molecule has 306 valence electrons. The van der Waals surface area contributed by atoms with Crippen molar-refractivity contribution in [3.8, 4) is 0 Å². The van der Waals surface area contributed by atoms with E-state index in [1.54, 1.807) is 6.33 Å². The van der Waals surface area contributed by atoms with E-state index in [1.807, 2.05) is 0 Å². The summed E-state index contributed by atoms with van der Waals surface area (Å²) in [4.78, 5) is 17.0. The highest BCUT2D eigenvalue weighted by Crippen LogP contribution is 2.42. The molecular formula is C44H85N9. The van der Waals surface area contributed by atoms with Gasteiger partial charge in [0.1, 0.15) is 6.33 Å². The molecule has 4 rings (SSSR count). The molecule has 1 aromatic heterocycles. The van der Waals surface area contributed by atoms with Gasteiger partial charge in [-0.3, -0.25) is 0 Å². The summed E-state index contributed by atoms with van der Waals surface area (Å²) in [5.74, 6) is 2.36. The van der Waals surface area contributed by atoms with Crippen LogP contribution in [0.1, 0.15) is 192 Å². The summed E-state index contributed by atoms with van der Waals surface area (Å²) in [6.45, 7) is 31.2. The van der Waals surface area contributed by atoms with Crippen molar-refractivity contribution in [2.45, 2.75) is 238 Å². The summed E-state index contributed by atoms with van der Waals surface area (Å²) in [6, 6.07) is 0.972. The summed E-state index contributed by atoms with van der Waals surface area (Å²) in [7, 11) is 0. The zero-order valence-electron chi connectivity index (χ0n) is 36.7. The van der Waals surface area contributed by atoms with Crippen LogP contribution in [0, 0.1) is 5.92 Å². The largest absolute Gasteiger partial charge is 0.354 e. The Morgan fingerprint density at radius 3 is 1.72 bits per heavy atom. The van der Waals surface area contributed by atoms with Crippen molar-refractivity contribution in [2.24, 2.45) is 5.92 Å². The summed E-state index contributed by atoms with van der Waals surface area (Å²) < 4.78 is 0. The molecule has 5 N–H and O–H groups in total. The minimum absolute atomic E-state index is 0.0540. The average Bonchev–Trinajstić information content (AvgIpc) is 3.06. The Morgan fingerprint density at radius 1 is 0.623 bits per heavy atom. The lowest BCUT2D eigenvalue weighted by Gasteiger charge is -2.52. The van der Waals surface area contributed by atoms with E-state index in [9.17, 15) is 0 Å². The first-order chi connectivity index (χ1) is 24.9. The Hall–Kier alpha value is -1.55. The van der Waals surface area contributed by atoms with Crippen LogP contribution in [0.15, 0.2) is 6.33 Å². The van der Waals surface area contributed by atoms with E-state index in [0.29, 0.717) is 23.2 Å². The van der Waals surface area contributed by atoms with E-state index in [4.69, 9.17) is 9.97 Å². The lowest BCUT2D eigenvalue weighted by molar-refractivity contribution is 0.0644. The number of rotatable bonds is 20. The molecule has 0 radical (unpaired) electrons. The Kier molecular flexibility index (Phi) is 15.5. The van der Waals surface area contributed by atoms with Crippen molar-refractivity contribution < 1.29 is 0 Å². The number of anilines is 2. The topological polar surface area (TPSA) is 102 Å². The fraction of sp³-hybridized carbons (Fsp3) is 0.932. The molecule has 3 aliphatic heterocycles. The first-order valence-electron chi connectivity index (χ1n) is 22.2. The minimum Gasteiger partial charge on any atom is -0.354 e. The third-order valence-corrected chi connectivity index (χ3v) is 13.3. The summed E-state index contributed by atoms with van der Waals surface area (Å²) in [5, 5.41) is 19.4. The van der Waals surface area contributed by atoms with E-state index >= 15 is 0 Å². The second-order valence-corrected chi connectivity index (χ2v) is 20.4. The van der Waals surface area contributed by atoms with Crippen LogP contribution in [0.2, 0.25) is 0 Å². The maximum absolute atomic E-state index is 5.07. The molecule has 1 aromatic rings. The highest BCUT2D eigenvalue weighted by Gasteiger charge is 2.44. The van der Waals surface area contributed by atoms with E-state index in [1.165, 1.54) is 83.5 Å². The maximum atomic E-state index is 5.07. The first kappa shape index (κ1) is 44.2. The molecule has 3 aliphatic rings. The summed E-state index contributed by atoms with van der Waals surface area (Å²) in [6.07, 6.45) is 22.3. The van der Waals surface area contributed by atoms with Crippen molar-refractivity contribution in [3.05, 3.63) is 6.33 Å². The predicted octanol–water partition coefficient (Wildman–Crippen LogP) is 9.15. The molecule has 0 atom stereocenters. The van der Waals surface area contributed by atoms with Crippen LogP contribution in [0.4, 0.5) is 11.9 Å². The van der Waals surface area contributed by atoms with Gasteiger partial charge in [0.25, 0.3) is 0 Å². The van der Waals surface area contributed by atoms with Crippen LogP contribution in [-0.2, 0) is 0 Å². The fourth-order valence-corrected chi connectivity index (χ4v) is 11.2. The predicted molar refractivity (Wildman–Crippen MR) is 227 cm³/mol. The molecule has 3 saturated heterocycles. The number of piperidine rings is 3. The summed E-state index contributed by atoms with van der Waals surface area (Å²) in [5.41, 5.74) is 1.09. The standard InChI is InChI=1S/C44H85N9/c1-13-43(14-2)27-34(28-44(15-3,16-4)52-43)23-19-21-25-46-37-47-33-48-38(49-37)53(36-31-41(9,10)51-42(11,12)32-36)26-22-18-17-20-24-45-35-29-39(5,6)50-40(7,8)30-35/h33-36,45,50-52H,13-32H2,1-12H3,(H,46,47,48,49). The Balaban J connectivity index is 1.30. The van der Waals surface area contributed by atoms with Crippen LogP contribution in [0.25, 0.3) is 0 Å². The van der Waals surface area contributed by atoms with Gasteiger partial charge in [-0.15, -0.1) is 0 Å². The summed E-state index contributed by atoms with van der Waals surface area (Å²) >= 11 is 0. The van der Waals surface area contributed by atoms with E-state index in [-0.39, 0.29) is 22.2 Å². The molecule has 0 aromatic carbocycles. The number of hydrogen-bond acceptors (Lipinski definition) is 9. The van der Waals surface area contributed by atoms with Crippen molar-refractivity contribution in [3.63, 3.8) is 0 Å². The highest BCUT2D eigenvalue weighted by molar-refractivity contribution is 5.37.